The van der Waals surface area contributed by atoms with Crippen molar-refractivity contribution in [2.45, 2.75) is 13.2 Å². The van der Waals surface area contributed by atoms with Crippen LogP contribution in [0.15, 0.2) is 42.5 Å². The number of benzene rings is 2. The Morgan fingerprint density at radius 1 is 1.12 bits per heavy atom. The second kappa shape index (κ2) is 8.48. The van der Waals surface area contributed by atoms with E-state index in [0.717, 1.165) is 17.7 Å². The van der Waals surface area contributed by atoms with Crippen molar-refractivity contribution in [1.82, 2.24) is 4.90 Å². The van der Waals surface area contributed by atoms with E-state index in [1.807, 2.05) is 0 Å². The molecule has 1 N–H and O–H groups in total. The molecule has 25 heavy (non-hydrogen) atoms. The van der Waals surface area contributed by atoms with Crippen LogP contribution in [-0.4, -0.2) is 31.0 Å². The third-order valence-electron chi connectivity index (χ3n) is 3.22. The predicted molar refractivity (Wildman–Crippen MR) is 84.4 cm³/mol. The molecule has 0 aliphatic rings. The fourth-order valence-corrected chi connectivity index (χ4v) is 2.16. The van der Waals surface area contributed by atoms with Crippen molar-refractivity contribution >= 4 is 11.6 Å². The molecule has 0 saturated heterocycles. The summed E-state index contributed by atoms with van der Waals surface area (Å²) in [6.45, 7) is -2.48. The molecular weight excluding hydrogens is 340 g/mol. The van der Waals surface area contributed by atoms with Gasteiger partial charge < -0.3 is 10.1 Å². The van der Waals surface area contributed by atoms with Crippen molar-refractivity contribution in [2.75, 3.05) is 18.9 Å². The fourth-order valence-electron chi connectivity index (χ4n) is 2.16. The molecule has 0 aliphatic carbocycles. The van der Waals surface area contributed by atoms with Gasteiger partial charge in [-0.3, -0.25) is 9.69 Å². The van der Waals surface area contributed by atoms with E-state index in [2.05, 4.69) is 10.1 Å². The van der Waals surface area contributed by atoms with E-state index in [4.69, 9.17) is 0 Å². The number of carbonyl (C=O) groups excluding carboxylic acids is 1. The Morgan fingerprint density at radius 3 is 2.40 bits per heavy atom. The highest BCUT2D eigenvalue weighted by molar-refractivity contribution is 5.92. The van der Waals surface area contributed by atoms with E-state index < -0.39 is 24.2 Å². The van der Waals surface area contributed by atoms with Crippen molar-refractivity contribution in [2.24, 2.45) is 0 Å². The van der Waals surface area contributed by atoms with Gasteiger partial charge in [0.2, 0.25) is 5.91 Å². The van der Waals surface area contributed by atoms with Gasteiger partial charge in [0, 0.05) is 18.3 Å². The van der Waals surface area contributed by atoms with Gasteiger partial charge in [0.15, 0.2) is 11.6 Å². The standard InChI is InChI=1S/C17H16F4N2O2/c1-23(9-11-2-5-13(6-3-11)25-17(20)21)10-16(24)22-12-4-7-14(18)15(19)8-12/h2-8,17H,9-10H2,1H3,(H,22,24). The van der Waals surface area contributed by atoms with Gasteiger partial charge in [0.25, 0.3) is 0 Å². The average Bonchev–Trinajstić information content (AvgIpc) is 2.52. The van der Waals surface area contributed by atoms with Gasteiger partial charge in [0.1, 0.15) is 5.75 Å². The molecule has 8 heteroatoms. The van der Waals surface area contributed by atoms with Crippen molar-refractivity contribution < 1.29 is 27.1 Å². The quantitative estimate of drug-likeness (QED) is 0.771. The summed E-state index contributed by atoms with van der Waals surface area (Å²) < 4.78 is 54.4. The molecule has 0 aliphatic heterocycles. The van der Waals surface area contributed by atoms with Crippen LogP contribution in [0.25, 0.3) is 0 Å². The number of ether oxygens (including phenoxy) is 1. The summed E-state index contributed by atoms with van der Waals surface area (Å²) in [5, 5.41) is 2.47. The molecule has 4 nitrogen and oxygen atoms in total. The summed E-state index contributed by atoms with van der Waals surface area (Å²) in [5.74, 6) is -2.38. The van der Waals surface area contributed by atoms with E-state index >= 15 is 0 Å². The monoisotopic (exact) mass is 356 g/mol. The van der Waals surface area contributed by atoms with Gasteiger partial charge >= 0.3 is 6.61 Å². The number of halogens is 4. The lowest BCUT2D eigenvalue weighted by molar-refractivity contribution is -0.117. The molecule has 0 aromatic heterocycles. The first-order valence-corrected chi connectivity index (χ1v) is 7.30. The van der Waals surface area contributed by atoms with Crippen molar-refractivity contribution in [1.29, 1.82) is 0 Å². The molecule has 0 atom stereocenters. The van der Waals surface area contributed by atoms with Gasteiger partial charge in [-0.05, 0) is 36.9 Å². The largest absolute Gasteiger partial charge is 0.435 e. The maximum absolute atomic E-state index is 13.1. The highest BCUT2D eigenvalue weighted by Crippen LogP contribution is 2.16. The van der Waals surface area contributed by atoms with Crippen LogP contribution < -0.4 is 10.1 Å². The minimum atomic E-state index is -2.88. The Hall–Kier alpha value is -2.61. The predicted octanol–water partition coefficient (Wildman–Crippen LogP) is 3.64. The first kappa shape index (κ1) is 18.7. The number of rotatable bonds is 7. The minimum Gasteiger partial charge on any atom is -0.435 e. The number of hydrogen-bond acceptors (Lipinski definition) is 3. The van der Waals surface area contributed by atoms with E-state index in [0.29, 0.717) is 6.54 Å². The van der Waals surface area contributed by atoms with Crippen LogP contribution in [0.5, 0.6) is 5.75 Å². The van der Waals surface area contributed by atoms with Crippen LogP contribution in [0.3, 0.4) is 0 Å². The zero-order valence-corrected chi connectivity index (χ0v) is 13.3. The molecule has 1 amide bonds. The third kappa shape index (κ3) is 6.07. The maximum Gasteiger partial charge on any atom is 0.387 e. The third-order valence-corrected chi connectivity index (χ3v) is 3.22. The first-order chi connectivity index (χ1) is 11.8. The van der Waals surface area contributed by atoms with Crippen LogP contribution >= 0.6 is 0 Å². The van der Waals surface area contributed by atoms with Gasteiger partial charge in [-0.1, -0.05) is 12.1 Å². The van der Waals surface area contributed by atoms with E-state index in [9.17, 15) is 22.4 Å². The Balaban J connectivity index is 1.85. The number of amides is 1. The molecule has 0 unspecified atom stereocenters. The summed E-state index contributed by atoms with van der Waals surface area (Å²) in [6.07, 6.45) is 0. The molecule has 0 heterocycles. The second-order valence-corrected chi connectivity index (χ2v) is 5.37. The maximum atomic E-state index is 13.1. The highest BCUT2D eigenvalue weighted by atomic mass is 19.3. The molecule has 0 bridgehead atoms. The lowest BCUT2D eigenvalue weighted by Gasteiger charge is -2.16. The van der Waals surface area contributed by atoms with E-state index in [1.54, 1.807) is 24.1 Å². The lowest BCUT2D eigenvalue weighted by atomic mass is 10.2. The molecular formula is C17H16F4N2O2. The smallest absolute Gasteiger partial charge is 0.387 e. The Morgan fingerprint density at radius 2 is 1.80 bits per heavy atom. The summed E-state index contributed by atoms with van der Waals surface area (Å²) >= 11 is 0. The summed E-state index contributed by atoms with van der Waals surface area (Å²) in [4.78, 5) is 13.6. The number of anilines is 1. The fraction of sp³-hybridized carbons (Fsp3) is 0.235. The number of hydrogen-bond donors (Lipinski definition) is 1. The highest BCUT2D eigenvalue weighted by Gasteiger charge is 2.10. The van der Waals surface area contributed by atoms with Crippen LogP contribution in [0, 0.1) is 11.6 Å². The zero-order valence-electron chi connectivity index (χ0n) is 13.3. The molecule has 0 radical (unpaired) electrons. The number of nitrogens with one attached hydrogen (secondary N) is 1. The van der Waals surface area contributed by atoms with Gasteiger partial charge in [-0.2, -0.15) is 8.78 Å². The second-order valence-electron chi connectivity index (χ2n) is 5.37. The SMILES string of the molecule is CN(CC(=O)Nc1ccc(F)c(F)c1)Cc1ccc(OC(F)F)cc1. The molecule has 0 spiro atoms. The normalized spacial score (nSPS) is 11.0. The van der Waals surface area contributed by atoms with Crippen LogP contribution in [0.1, 0.15) is 5.56 Å². The van der Waals surface area contributed by atoms with Gasteiger partial charge in [-0.15, -0.1) is 0 Å². The van der Waals surface area contributed by atoms with Crippen molar-refractivity contribution in [3.8, 4) is 5.75 Å². The van der Waals surface area contributed by atoms with Crippen LogP contribution in [0.4, 0.5) is 23.2 Å². The molecule has 2 aromatic rings. The summed E-state index contributed by atoms with van der Waals surface area (Å²) in [5.41, 5.74) is 0.954. The Bertz CT molecular complexity index is 723. The van der Waals surface area contributed by atoms with Crippen molar-refractivity contribution in [3.63, 3.8) is 0 Å². The van der Waals surface area contributed by atoms with E-state index in [1.165, 1.54) is 18.2 Å². The van der Waals surface area contributed by atoms with Gasteiger partial charge in [-0.25, -0.2) is 8.78 Å². The molecule has 0 fully saturated rings. The first-order valence-electron chi connectivity index (χ1n) is 7.30. The number of nitrogens with zero attached hydrogens (tertiary/aromatic N) is 1. The average molecular weight is 356 g/mol. The lowest BCUT2D eigenvalue weighted by Crippen LogP contribution is -2.29. The number of likely N-dealkylation sites (N-methyl/N-ethyl adjacent to an activating group) is 1. The molecule has 2 rings (SSSR count). The summed E-state index contributed by atoms with van der Waals surface area (Å²) in [7, 11) is 1.69. The Labute approximate surface area is 142 Å². The van der Waals surface area contributed by atoms with Crippen LogP contribution in [-0.2, 0) is 11.3 Å². The molecule has 0 saturated carbocycles. The Kier molecular flexibility index (Phi) is 6.35. The molecule has 2 aromatic carbocycles. The van der Waals surface area contributed by atoms with E-state index in [-0.39, 0.29) is 18.0 Å². The van der Waals surface area contributed by atoms with Crippen LogP contribution in [0.2, 0.25) is 0 Å². The number of alkyl halides is 2. The van der Waals surface area contributed by atoms with Crippen molar-refractivity contribution in [3.05, 3.63) is 59.7 Å². The summed E-state index contributed by atoms with van der Waals surface area (Å²) in [6, 6.07) is 9.14. The number of carbonyl (C=O) groups is 1. The molecule has 134 valence electrons. The zero-order chi connectivity index (χ0) is 18.4. The topological polar surface area (TPSA) is 41.6 Å². The minimum absolute atomic E-state index is 0.00822. The van der Waals surface area contributed by atoms with Gasteiger partial charge in [0.05, 0.1) is 6.54 Å².